The van der Waals surface area contributed by atoms with Gasteiger partial charge in [0.15, 0.2) is 15.6 Å². The summed E-state index contributed by atoms with van der Waals surface area (Å²) in [4.78, 5) is 29.6. The Morgan fingerprint density at radius 1 is 1.15 bits per heavy atom. The van der Waals surface area contributed by atoms with E-state index in [1.54, 1.807) is 24.4 Å². The zero-order valence-electron chi connectivity index (χ0n) is 17.6. The Bertz CT molecular complexity index is 1490. The van der Waals surface area contributed by atoms with E-state index in [9.17, 15) is 18.0 Å². The normalized spacial score (nSPS) is 11.6. The molecule has 0 atom stereocenters. The zero-order valence-corrected chi connectivity index (χ0v) is 20.0. The quantitative estimate of drug-likeness (QED) is 0.390. The molecule has 0 unspecified atom stereocenters. The maximum absolute atomic E-state index is 12.9. The molecule has 4 rings (SSSR count). The highest BCUT2D eigenvalue weighted by Crippen LogP contribution is 2.26. The number of aromatic nitrogens is 2. The fourth-order valence-electron chi connectivity index (χ4n) is 3.43. The summed E-state index contributed by atoms with van der Waals surface area (Å²) in [5.74, 6) is -0.645. The predicted octanol–water partition coefficient (Wildman–Crippen LogP) is 4.12. The minimum absolute atomic E-state index is 0.0719. The summed E-state index contributed by atoms with van der Waals surface area (Å²) in [5, 5.41) is 4.61. The van der Waals surface area contributed by atoms with Gasteiger partial charge in [0.05, 0.1) is 4.34 Å². The van der Waals surface area contributed by atoms with E-state index in [2.05, 4.69) is 10.3 Å². The summed E-state index contributed by atoms with van der Waals surface area (Å²) in [6.45, 7) is 2.79. The highest BCUT2D eigenvalue weighted by molar-refractivity contribution is 7.94. The summed E-state index contributed by atoms with van der Waals surface area (Å²) in [5.41, 5.74) is 1.30. The number of halogens is 1. The van der Waals surface area contributed by atoms with Crippen LogP contribution in [0.5, 0.6) is 0 Å². The molecule has 0 aliphatic carbocycles. The summed E-state index contributed by atoms with van der Waals surface area (Å²) in [6, 6.07) is 13.6. The molecular weight excluding hydrogens is 482 g/mol. The number of fused-ring (bicyclic) bond motifs is 1. The second kappa shape index (κ2) is 9.46. The Balaban J connectivity index is 1.50. The molecule has 170 valence electrons. The van der Waals surface area contributed by atoms with Gasteiger partial charge in [0.25, 0.3) is 5.56 Å². The van der Waals surface area contributed by atoms with Gasteiger partial charge >= 0.3 is 0 Å². The van der Waals surface area contributed by atoms with E-state index < -0.39 is 21.4 Å². The maximum atomic E-state index is 12.9. The standard InChI is InChI=1S/C23H20ClN3O4S2/c1-2-25-17-4-5-19-16(12-17)9-10-27(23(19)29)21-7-3-15(13-26-21)11-18(28)14-33(30,31)22-8-6-20(24)32-22/h3-10,12-13,25H,2,11,14H2,1H3. The number of rotatable bonds is 8. The van der Waals surface area contributed by atoms with Crippen molar-refractivity contribution in [1.29, 1.82) is 0 Å². The molecule has 0 bridgehead atoms. The number of benzene rings is 1. The Hall–Kier alpha value is -3.01. The molecule has 0 fully saturated rings. The average molecular weight is 502 g/mol. The van der Waals surface area contributed by atoms with E-state index in [0.29, 0.717) is 21.1 Å². The van der Waals surface area contributed by atoms with Gasteiger partial charge in [0, 0.05) is 36.4 Å². The second-order valence-electron chi connectivity index (χ2n) is 7.38. The van der Waals surface area contributed by atoms with Crippen molar-refractivity contribution in [2.75, 3.05) is 17.6 Å². The minimum atomic E-state index is -3.73. The van der Waals surface area contributed by atoms with Gasteiger partial charge < -0.3 is 5.32 Å². The first kappa shape index (κ1) is 23.2. The molecule has 10 heteroatoms. The molecule has 1 aromatic carbocycles. The smallest absolute Gasteiger partial charge is 0.264 e. The van der Waals surface area contributed by atoms with E-state index in [0.717, 1.165) is 29.0 Å². The molecule has 0 saturated heterocycles. The fourth-order valence-corrected chi connectivity index (χ4v) is 6.24. The molecule has 4 aromatic rings. The number of nitrogens with one attached hydrogen (secondary N) is 1. The van der Waals surface area contributed by atoms with Crippen LogP contribution in [0.25, 0.3) is 16.6 Å². The molecule has 0 saturated carbocycles. The predicted molar refractivity (Wildman–Crippen MR) is 132 cm³/mol. The SMILES string of the molecule is CCNc1ccc2c(=O)n(-c3ccc(CC(=O)CS(=O)(=O)c4ccc(Cl)s4)cn3)ccc2c1. The first-order valence-electron chi connectivity index (χ1n) is 10.1. The number of thiophene rings is 1. The third-order valence-corrected chi connectivity index (χ3v) is 8.44. The van der Waals surface area contributed by atoms with E-state index in [1.165, 1.54) is 22.9 Å². The minimum Gasteiger partial charge on any atom is -0.385 e. The van der Waals surface area contributed by atoms with Crippen molar-refractivity contribution in [2.24, 2.45) is 0 Å². The lowest BCUT2D eigenvalue weighted by Gasteiger charge is -2.09. The summed E-state index contributed by atoms with van der Waals surface area (Å²) in [6.07, 6.45) is 3.06. The van der Waals surface area contributed by atoms with E-state index in [-0.39, 0.29) is 16.2 Å². The maximum Gasteiger partial charge on any atom is 0.264 e. The molecule has 0 amide bonds. The summed E-state index contributed by atoms with van der Waals surface area (Å²) >= 11 is 6.72. The van der Waals surface area contributed by atoms with Crippen LogP contribution in [0, 0.1) is 0 Å². The van der Waals surface area contributed by atoms with Crippen molar-refractivity contribution in [2.45, 2.75) is 17.6 Å². The highest BCUT2D eigenvalue weighted by Gasteiger charge is 2.21. The van der Waals surface area contributed by atoms with Crippen LogP contribution in [0.1, 0.15) is 12.5 Å². The van der Waals surface area contributed by atoms with Crippen LogP contribution in [0.2, 0.25) is 4.34 Å². The number of carbonyl (C=O) groups excluding carboxylic acids is 1. The van der Waals surface area contributed by atoms with Crippen LogP contribution in [-0.2, 0) is 21.1 Å². The van der Waals surface area contributed by atoms with Crippen molar-refractivity contribution in [3.05, 3.63) is 81.2 Å². The first-order chi connectivity index (χ1) is 15.8. The number of pyridine rings is 2. The lowest BCUT2D eigenvalue weighted by atomic mass is 10.1. The number of sulfone groups is 1. The number of carbonyl (C=O) groups is 1. The van der Waals surface area contributed by atoms with Crippen LogP contribution in [0.4, 0.5) is 5.69 Å². The zero-order chi connectivity index (χ0) is 23.6. The van der Waals surface area contributed by atoms with Gasteiger partial charge in [-0.3, -0.25) is 14.2 Å². The lowest BCUT2D eigenvalue weighted by Crippen LogP contribution is -2.19. The van der Waals surface area contributed by atoms with Gasteiger partial charge in [-0.2, -0.15) is 0 Å². The molecule has 3 heterocycles. The number of hydrogen-bond donors (Lipinski definition) is 1. The van der Waals surface area contributed by atoms with Gasteiger partial charge in [0.2, 0.25) is 0 Å². The summed E-state index contributed by atoms with van der Waals surface area (Å²) < 4.78 is 26.6. The molecule has 3 aromatic heterocycles. The molecule has 33 heavy (non-hydrogen) atoms. The molecule has 1 N–H and O–H groups in total. The Morgan fingerprint density at radius 3 is 2.64 bits per heavy atom. The van der Waals surface area contributed by atoms with Gasteiger partial charge in [-0.25, -0.2) is 13.4 Å². The van der Waals surface area contributed by atoms with Gasteiger partial charge in [-0.15, -0.1) is 11.3 Å². The van der Waals surface area contributed by atoms with Crippen LogP contribution >= 0.6 is 22.9 Å². The van der Waals surface area contributed by atoms with Crippen molar-refractivity contribution in [3.8, 4) is 5.82 Å². The summed E-state index contributed by atoms with van der Waals surface area (Å²) in [7, 11) is -3.73. The molecule has 7 nitrogen and oxygen atoms in total. The number of hydrogen-bond acceptors (Lipinski definition) is 7. The van der Waals surface area contributed by atoms with Crippen LogP contribution in [-0.4, -0.2) is 36.0 Å². The Kier molecular flexibility index (Phi) is 6.64. The van der Waals surface area contributed by atoms with E-state index in [1.807, 2.05) is 25.1 Å². The van der Waals surface area contributed by atoms with Crippen molar-refractivity contribution >= 4 is 55.0 Å². The highest BCUT2D eigenvalue weighted by atomic mass is 35.5. The van der Waals surface area contributed by atoms with Crippen molar-refractivity contribution in [3.63, 3.8) is 0 Å². The topological polar surface area (TPSA) is 98.1 Å². The fraction of sp³-hybridized carbons (Fsp3) is 0.174. The molecule has 0 spiro atoms. The lowest BCUT2D eigenvalue weighted by molar-refractivity contribution is -0.116. The van der Waals surface area contributed by atoms with E-state index >= 15 is 0 Å². The van der Waals surface area contributed by atoms with Gasteiger partial charge in [0.1, 0.15) is 15.8 Å². The number of Topliss-reactive ketones (excluding diaryl/α,β-unsaturated/α-hetero) is 1. The first-order valence-corrected chi connectivity index (χ1v) is 13.0. The van der Waals surface area contributed by atoms with Gasteiger partial charge in [-0.05, 0) is 60.3 Å². The third kappa shape index (κ3) is 5.16. The van der Waals surface area contributed by atoms with Gasteiger partial charge in [-0.1, -0.05) is 17.7 Å². The average Bonchev–Trinajstić information content (AvgIpc) is 3.22. The van der Waals surface area contributed by atoms with Crippen LogP contribution in [0.15, 0.2) is 69.9 Å². The molecule has 0 aliphatic rings. The number of anilines is 1. The van der Waals surface area contributed by atoms with Crippen molar-refractivity contribution in [1.82, 2.24) is 9.55 Å². The molecule has 0 aliphatic heterocycles. The monoisotopic (exact) mass is 501 g/mol. The number of ketones is 1. The van der Waals surface area contributed by atoms with Crippen LogP contribution < -0.4 is 10.9 Å². The largest absolute Gasteiger partial charge is 0.385 e. The Labute approximate surface area is 199 Å². The Morgan fingerprint density at radius 2 is 1.97 bits per heavy atom. The molecular formula is C23H20ClN3O4S2. The number of nitrogens with zero attached hydrogens (tertiary/aromatic N) is 2. The van der Waals surface area contributed by atoms with E-state index in [4.69, 9.17) is 11.6 Å². The van der Waals surface area contributed by atoms with Crippen LogP contribution in [0.3, 0.4) is 0 Å². The molecule has 0 radical (unpaired) electrons. The second-order valence-corrected chi connectivity index (χ2v) is 11.3. The van der Waals surface area contributed by atoms with Crippen molar-refractivity contribution < 1.29 is 13.2 Å². The third-order valence-electron chi connectivity index (χ3n) is 4.95.